The first-order valence-corrected chi connectivity index (χ1v) is 4.67. The summed E-state index contributed by atoms with van der Waals surface area (Å²) in [5.74, 6) is -0.0540. The fourth-order valence-corrected chi connectivity index (χ4v) is 1.21. The van der Waals surface area contributed by atoms with Crippen molar-refractivity contribution in [1.29, 1.82) is 0 Å². The van der Waals surface area contributed by atoms with Crippen molar-refractivity contribution in [1.82, 2.24) is 0 Å². The Hall–Kier alpha value is -0.860. The molecule has 1 aliphatic rings. The smallest absolute Gasteiger partial charge is 0.319 e. The van der Waals surface area contributed by atoms with Crippen molar-refractivity contribution in [3.8, 4) is 0 Å². The highest BCUT2D eigenvalue weighted by atomic mass is 16.5. The molecule has 0 aromatic heterocycles. The van der Waals surface area contributed by atoms with Crippen LogP contribution in [0.25, 0.3) is 0 Å². The van der Waals surface area contributed by atoms with Crippen LogP contribution in [0.1, 0.15) is 33.6 Å². The Balaban J connectivity index is 2.44. The second kappa shape index (κ2) is 3.48. The van der Waals surface area contributed by atoms with Crippen molar-refractivity contribution in [3.05, 3.63) is 0 Å². The molecule has 1 saturated carbocycles. The SMILES string of the molecule is CC(=O)C1(C(=O)OCC(C)C)CC1. The highest BCUT2D eigenvalue weighted by molar-refractivity contribution is 6.05. The fourth-order valence-electron chi connectivity index (χ4n) is 1.21. The van der Waals surface area contributed by atoms with Gasteiger partial charge in [-0.25, -0.2) is 0 Å². The average Bonchev–Trinajstić information content (AvgIpc) is 2.79. The summed E-state index contributed by atoms with van der Waals surface area (Å²) in [6.45, 7) is 5.82. The van der Waals surface area contributed by atoms with Gasteiger partial charge in [0.05, 0.1) is 6.61 Å². The van der Waals surface area contributed by atoms with Crippen LogP contribution in [0.15, 0.2) is 0 Å². The monoisotopic (exact) mass is 184 g/mol. The van der Waals surface area contributed by atoms with E-state index in [4.69, 9.17) is 4.74 Å². The van der Waals surface area contributed by atoms with E-state index in [2.05, 4.69) is 0 Å². The molecule has 0 saturated heterocycles. The van der Waals surface area contributed by atoms with E-state index in [1.807, 2.05) is 13.8 Å². The van der Waals surface area contributed by atoms with Gasteiger partial charge in [0, 0.05) is 0 Å². The third-order valence-electron chi connectivity index (χ3n) is 2.36. The molecule has 1 rings (SSSR count). The molecule has 0 atom stereocenters. The lowest BCUT2D eigenvalue weighted by Crippen LogP contribution is -2.27. The molecule has 0 heterocycles. The minimum absolute atomic E-state index is 0.0544. The molecule has 0 spiro atoms. The molecule has 13 heavy (non-hydrogen) atoms. The van der Waals surface area contributed by atoms with Gasteiger partial charge in [0.2, 0.25) is 0 Å². The fraction of sp³-hybridized carbons (Fsp3) is 0.800. The van der Waals surface area contributed by atoms with E-state index >= 15 is 0 Å². The second-order valence-corrected chi connectivity index (χ2v) is 4.13. The first kappa shape index (κ1) is 10.2. The first-order chi connectivity index (χ1) is 5.99. The molecule has 0 amide bonds. The maximum absolute atomic E-state index is 11.4. The quantitative estimate of drug-likeness (QED) is 0.492. The van der Waals surface area contributed by atoms with Gasteiger partial charge >= 0.3 is 5.97 Å². The highest BCUT2D eigenvalue weighted by Crippen LogP contribution is 2.47. The zero-order valence-corrected chi connectivity index (χ0v) is 8.42. The third-order valence-corrected chi connectivity index (χ3v) is 2.36. The van der Waals surface area contributed by atoms with Crippen LogP contribution in [0, 0.1) is 11.3 Å². The summed E-state index contributed by atoms with van der Waals surface area (Å²) in [6.07, 6.45) is 1.33. The van der Waals surface area contributed by atoms with Crippen LogP contribution in [0.4, 0.5) is 0 Å². The highest BCUT2D eigenvalue weighted by Gasteiger charge is 2.55. The van der Waals surface area contributed by atoms with E-state index in [9.17, 15) is 9.59 Å². The number of ketones is 1. The van der Waals surface area contributed by atoms with Gasteiger partial charge in [0.25, 0.3) is 0 Å². The maximum atomic E-state index is 11.4. The lowest BCUT2D eigenvalue weighted by atomic mass is 10.0. The lowest BCUT2D eigenvalue weighted by molar-refractivity contribution is -0.154. The Kier molecular flexibility index (Phi) is 2.74. The van der Waals surface area contributed by atoms with Crippen molar-refractivity contribution in [2.75, 3.05) is 6.61 Å². The van der Waals surface area contributed by atoms with Gasteiger partial charge in [-0.3, -0.25) is 9.59 Å². The molecule has 0 aromatic rings. The largest absolute Gasteiger partial charge is 0.465 e. The summed E-state index contributed by atoms with van der Waals surface area (Å²) in [5.41, 5.74) is -0.755. The van der Waals surface area contributed by atoms with Crippen molar-refractivity contribution >= 4 is 11.8 Å². The zero-order chi connectivity index (χ0) is 10.1. The Morgan fingerprint density at radius 3 is 2.23 bits per heavy atom. The van der Waals surface area contributed by atoms with Crippen molar-refractivity contribution in [2.24, 2.45) is 11.3 Å². The Morgan fingerprint density at radius 1 is 1.38 bits per heavy atom. The topological polar surface area (TPSA) is 43.4 Å². The van der Waals surface area contributed by atoms with E-state index in [0.29, 0.717) is 25.4 Å². The van der Waals surface area contributed by atoms with E-state index in [-0.39, 0.29) is 11.8 Å². The van der Waals surface area contributed by atoms with Gasteiger partial charge in [-0.15, -0.1) is 0 Å². The maximum Gasteiger partial charge on any atom is 0.319 e. The molecule has 0 aliphatic heterocycles. The second-order valence-electron chi connectivity index (χ2n) is 4.13. The van der Waals surface area contributed by atoms with E-state index in [1.165, 1.54) is 6.92 Å². The molecule has 0 aromatic carbocycles. The van der Waals surface area contributed by atoms with Crippen LogP contribution >= 0.6 is 0 Å². The number of hydrogen-bond donors (Lipinski definition) is 0. The summed E-state index contributed by atoms with van der Waals surface area (Å²) in [7, 11) is 0. The van der Waals surface area contributed by atoms with Gasteiger partial charge < -0.3 is 4.74 Å². The predicted molar refractivity (Wildman–Crippen MR) is 48.1 cm³/mol. The van der Waals surface area contributed by atoms with Gasteiger partial charge in [-0.05, 0) is 25.7 Å². The molecular weight excluding hydrogens is 168 g/mol. The number of hydrogen-bond acceptors (Lipinski definition) is 3. The minimum atomic E-state index is -0.755. The number of ether oxygens (including phenoxy) is 1. The summed E-state index contributed by atoms with van der Waals surface area (Å²) >= 11 is 0. The number of carbonyl (C=O) groups excluding carboxylic acids is 2. The molecule has 0 radical (unpaired) electrons. The van der Waals surface area contributed by atoms with Crippen LogP contribution in [0.5, 0.6) is 0 Å². The molecule has 1 fully saturated rings. The summed E-state index contributed by atoms with van der Waals surface area (Å²) in [5, 5.41) is 0. The molecule has 3 heteroatoms. The molecule has 1 aliphatic carbocycles. The van der Waals surface area contributed by atoms with E-state index in [1.54, 1.807) is 0 Å². The Bertz CT molecular complexity index is 226. The van der Waals surface area contributed by atoms with Crippen LogP contribution in [0.2, 0.25) is 0 Å². The predicted octanol–water partition coefficient (Wildman–Crippen LogP) is 1.55. The lowest BCUT2D eigenvalue weighted by Gasteiger charge is -2.12. The summed E-state index contributed by atoms with van der Waals surface area (Å²) in [6, 6.07) is 0. The van der Waals surface area contributed by atoms with Crippen molar-refractivity contribution in [2.45, 2.75) is 33.6 Å². The standard InChI is InChI=1S/C10H16O3/c1-7(2)6-13-9(12)10(4-5-10)8(3)11/h7H,4-6H2,1-3H3. The number of esters is 1. The van der Waals surface area contributed by atoms with Gasteiger partial charge in [-0.1, -0.05) is 13.8 Å². The van der Waals surface area contributed by atoms with Crippen LogP contribution in [0.3, 0.4) is 0 Å². The normalized spacial score (nSPS) is 18.5. The average molecular weight is 184 g/mol. The number of Topliss-reactive ketones (excluding diaryl/α,β-unsaturated/α-hetero) is 1. The van der Waals surface area contributed by atoms with Gasteiger partial charge in [0.15, 0.2) is 0 Å². The van der Waals surface area contributed by atoms with Gasteiger partial charge in [-0.2, -0.15) is 0 Å². The molecule has 0 N–H and O–H groups in total. The Labute approximate surface area is 78.5 Å². The number of rotatable bonds is 4. The molecular formula is C10H16O3. The van der Waals surface area contributed by atoms with Crippen molar-refractivity contribution in [3.63, 3.8) is 0 Å². The molecule has 74 valence electrons. The summed E-state index contributed by atoms with van der Waals surface area (Å²) in [4.78, 5) is 22.5. The van der Waals surface area contributed by atoms with Crippen LogP contribution < -0.4 is 0 Å². The molecule has 0 bridgehead atoms. The van der Waals surface area contributed by atoms with Gasteiger partial charge in [0.1, 0.15) is 11.2 Å². The number of carbonyl (C=O) groups is 2. The third kappa shape index (κ3) is 2.08. The van der Waals surface area contributed by atoms with E-state index in [0.717, 1.165) is 0 Å². The molecule has 0 unspecified atom stereocenters. The first-order valence-electron chi connectivity index (χ1n) is 4.67. The zero-order valence-electron chi connectivity index (χ0n) is 8.42. The van der Waals surface area contributed by atoms with Crippen LogP contribution in [-0.2, 0) is 14.3 Å². The van der Waals surface area contributed by atoms with E-state index < -0.39 is 5.41 Å². The Morgan fingerprint density at radius 2 is 1.92 bits per heavy atom. The summed E-state index contributed by atoms with van der Waals surface area (Å²) < 4.78 is 5.03. The molecule has 3 nitrogen and oxygen atoms in total. The van der Waals surface area contributed by atoms with Crippen molar-refractivity contribution < 1.29 is 14.3 Å². The van der Waals surface area contributed by atoms with Crippen LogP contribution in [-0.4, -0.2) is 18.4 Å². The minimum Gasteiger partial charge on any atom is -0.465 e.